The van der Waals surface area contributed by atoms with Gasteiger partial charge in [-0.15, -0.1) is 11.3 Å². The van der Waals surface area contributed by atoms with Crippen LogP contribution in [0.4, 0.5) is 18.9 Å². The summed E-state index contributed by atoms with van der Waals surface area (Å²) >= 11 is 1.42. The van der Waals surface area contributed by atoms with Gasteiger partial charge in [0.2, 0.25) is 5.91 Å². The zero-order valence-electron chi connectivity index (χ0n) is 22.7. The Morgan fingerprint density at radius 3 is 2.50 bits per heavy atom. The number of thiazole rings is 1. The van der Waals surface area contributed by atoms with Crippen molar-refractivity contribution >= 4 is 28.8 Å². The van der Waals surface area contributed by atoms with Crippen LogP contribution < -0.4 is 15.5 Å². The van der Waals surface area contributed by atoms with Gasteiger partial charge in [-0.25, -0.2) is 4.98 Å². The van der Waals surface area contributed by atoms with Gasteiger partial charge in [0, 0.05) is 43.7 Å². The van der Waals surface area contributed by atoms with Crippen LogP contribution in [-0.4, -0.2) is 61.0 Å². The maximum Gasteiger partial charge on any atom is 0.416 e. The summed E-state index contributed by atoms with van der Waals surface area (Å²) in [7, 11) is 0. The third-order valence-corrected chi connectivity index (χ3v) is 9.47. The Morgan fingerprint density at radius 2 is 1.80 bits per heavy atom. The number of halogens is 3. The Kier molecular flexibility index (Phi) is 9.30. The Bertz CT molecular complexity index is 1150. The van der Waals surface area contributed by atoms with E-state index in [-0.39, 0.29) is 23.8 Å². The molecule has 1 atom stereocenters. The van der Waals surface area contributed by atoms with Crippen LogP contribution in [0.15, 0.2) is 29.6 Å². The molecule has 0 bridgehead atoms. The maximum absolute atomic E-state index is 13.3. The van der Waals surface area contributed by atoms with Crippen LogP contribution in [0.2, 0.25) is 0 Å². The molecule has 1 aliphatic carbocycles. The van der Waals surface area contributed by atoms with Crippen LogP contribution in [0.3, 0.4) is 0 Å². The van der Waals surface area contributed by atoms with Gasteiger partial charge in [-0.1, -0.05) is 31.7 Å². The molecule has 1 saturated carbocycles. The van der Waals surface area contributed by atoms with Gasteiger partial charge in [0.15, 0.2) is 0 Å². The second kappa shape index (κ2) is 12.9. The number of anilines is 1. The van der Waals surface area contributed by atoms with Crippen molar-refractivity contribution in [3.05, 3.63) is 45.9 Å². The number of carbonyl (C=O) groups excluding carboxylic acids is 2. The highest BCUT2D eigenvalue weighted by molar-refractivity contribution is 7.09. The Morgan fingerprint density at radius 1 is 1.07 bits per heavy atom. The molecule has 40 heavy (non-hydrogen) atoms. The van der Waals surface area contributed by atoms with E-state index in [9.17, 15) is 22.8 Å². The average Bonchev–Trinajstić information content (AvgIpc) is 3.68. The number of hydrogen-bond donors (Lipinski definition) is 2. The molecule has 0 radical (unpaired) electrons. The molecule has 1 unspecified atom stereocenters. The molecule has 3 aliphatic rings. The molecule has 0 spiro atoms. The van der Waals surface area contributed by atoms with E-state index in [0.29, 0.717) is 49.9 Å². The van der Waals surface area contributed by atoms with E-state index in [2.05, 4.69) is 10.6 Å². The standard InChI is InChI=1S/C29H38F3N5O2S/c30-29(31,32)22-6-3-7-23(18-22)36-14-16-37(17-15-36)28(39)24-19-40-27(34-24)26(21-10-12-33-13-11-21)35-25(38)9-8-20-4-1-2-5-20/h3,6-7,18-21,26,33H,1-2,4-5,8-17H2,(H,35,38). The summed E-state index contributed by atoms with van der Waals surface area (Å²) in [5.74, 6) is 0.801. The fourth-order valence-corrected chi connectivity index (χ4v) is 7.11. The molecule has 3 heterocycles. The quantitative estimate of drug-likeness (QED) is 0.448. The van der Waals surface area contributed by atoms with Crippen LogP contribution in [0.5, 0.6) is 0 Å². The largest absolute Gasteiger partial charge is 0.416 e. The molecule has 5 rings (SSSR count). The molecular formula is C29H38F3N5O2S. The topological polar surface area (TPSA) is 77.6 Å². The van der Waals surface area contributed by atoms with Gasteiger partial charge in [-0.05, 0) is 62.4 Å². The fraction of sp³-hybridized carbons (Fsp3) is 0.621. The first-order chi connectivity index (χ1) is 19.3. The maximum atomic E-state index is 13.3. The Balaban J connectivity index is 1.20. The molecule has 1 aromatic carbocycles. The van der Waals surface area contributed by atoms with Crippen molar-refractivity contribution in [2.75, 3.05) is 44.2 Å². The monoisotopic (exact) mass is 577 g/mol. The molecule has 2 N–H and O–H groups in total. The van der Waals surface area contributed by atoms with Crippen molar-refractivity contribution < 1.29 is 22.8 Å². The van der Waals surface area contributed by atoms with E-state index in [4.69, 9.17) is 4.98 Å². The zero-order chi connectivity index (χ0) is 28.1. The predicted octanol–water partition coefficient (Wildman–Crippen LogP) is 5.25. The lowest BCUT2D eigenvalue weighted by Gasteiger charge is -2.36. The van der Waals surface area contributed by atoms with E-state index in [1.807, 2.05) is 4.90 Å². The van der Waals surface area contributed by atoms with Gasteiger partial charge in [0.05, 0.1) is 11.6 Å². The number of piperidine rings is 1. The van der Waals surface area contributed by atoms with Gasteiger partial charge in [-0.2, -0.15) is 13.2 Å². The smallest absolute Gasteiger partial charge is 0.368 e. The minimum atomic E-state index is -4.39. The van der Waals surface area contributed by atoms with Crippen molar-refractivity contribution in [1.29, 1.82) is 0 Å². The fourth-order valence-electron chi connectivity index (χ4n) is 6.18. The van der Waals surface area contributed by atoms with Crippen molar-refractivity contribution in [3.8, 4) is 0 Å². The van der Waals surface area contributed by atoms with E-state index in [1.165, 1.54) is 43.1 Å². The first kappa shape index (κ1) is 28.9. The third-order valence-electron chi connectivity index (χ3n) is 8.54. The predicted molar refractivity (Wildman–Crippen MR) is 149 cm³/mol. The zero-order valence-corrected chi connectivity index (χ0v) is 23.5. The summed E-state index contributed by atoms with van der Waals surface area (Å²) in [4.78, 5) is 34.6. The number of hydrogen-bond acceptors (Lipinski definition) is 6. The van der Waals surface area contributed by atoms with Crippen molar-refractivity contribution in [2.24, 2.45) is 11.8 Å². The van der Waals surface area contributed by atoms with Crippen LogP contribution in [0.1, 0.15) is 78.5 Å². The highest BCUT2D eigenvalue weighted by Gasteiger charge is 2.33. The van der Waals surface area contributed by atoms with Crippen molar-refractivity contribution in [1.82, 2.24) is 20.5 Å². The second-order valence-electron chi connectivity index (χ2n) is 11.2. The number of carbonyl (C=O) groups is 2. The highest BCUT2D eigenvalue weighted by Crippen LogP contribution is 2.34. The highest BCUT2D eigenvalue weighted by atomic mass is 32.1. The second-order valence-corrected chi connectivity index (χ2v) is 12.1. The summed E-state index contributed by atoms with van der Waals surface area (Å²) in [5, 5.41) is 9.19. The van der Waals surface area contributed by atoms with Crippen LogP contribution in [-0.2, 0) is 11.0 Å². The molecule has 2 saturated heterocycles. The molecule has 2 aliphatic heterocycles. The summed E-state index contributed by atoms with van der Waals surface area (Å²) in [5.41, 5.74) is 0.199. The minimum absolute atomic E-state index is 0.0595. The molecular weight excluding hydrogens is 539 g/mol. The molecule has 11 heteroatoms. The molecule has 2 aromatic rings. The van der Waals surface area contributed by atoms with Gasteiger partial charge in [0.25, 0.3) is 5.91 Å². The van der Waals surface area contributed by atoms with Gasteiger partial charge in [0.1, 0.15) is 10.7 Å². The average molecular weight is 578 g/mol. The molecule has 218 valence electrons. The van der Waals surface area contributed by atoms with E-state index >= 15 is 0 Å². The lowest BCUT2D eigenvalue weighted by atomic mass is 9.90. The number of piperazine rings is 1. The summed E-state index contributed by atoms with van der Waals surface area (Å²) in [6, 6.07) is 5.11. The van der Waals surface area contributed by atoms with Gasteiger partial charge >= 0.3 is 6.18 Å². The minimum Gasteiger partial charge on any atom is -0.368 e. The number of rotatable bonds is 8. The molecule has 1 aromatic heterocycles. The van der Waals surface area contributed by atoms with Crippen LogP contribution in [0.25, 0.3) is 0 Å². The Hall–Kier alpha value is -2.66. The molecule has 7 nitrogen and oxygen atoms in total. The summed E-state index contributed by atoms with van der Waals surface area (Å²) < 4.78 is 39.4. The summed E-state index contributed by atoms with van der Waals surface area (Å²) in [6.07, 6.45) is 3.91. The normalized spacial score (nSPS) is 20.1. The third kappa shape index (κ3) is 7.15. The van der Waals surface area contributed by atoms with Gasteiger partial charge in [-0.3, -0.25) is 9.59 Å². The first-order valence-corrected chi connectivity index (χ1v) is 15.3. The molecule has 2 amide bonds. The SMILES string of the molecule is O=C(CCC1CCCC1)NC(c1nc(C(=O)N2CCN(c3cccc(C(F)(F)F)c3)CC2)cs1)C1CCNCC1. The van der Waals surface area contributed by atoms with Crippen molar-refractivity contribution in [3.63, 3.8) is 0 Å². The van der Waals surface area contributed by atoms with E-state index in [0.717, 1.165) is 49.5 Å². The number of amides is 2. The van der Waals surface area contributed by atoms with E-state index < -0.39 is 11.7 Å². The number of alkyl halides is 3. The van der Waals surface area contributed by atoms with Crippen molar-refractivity contribution in [2.45, 2.75) is 63.6 Å². The van der Waals surface area contributed by atoms with Gasteiger partial charge < -0.3 is 20.4 Å². The Labute approximate surface area is 237 Å². The lowest BCUT2D eigenvalue weighted by molar-refractivity contribution is -0.137. The lowest BCUT2D eigenvalue weighted by Crippen LogP contribution is -2.49. The summed E-state index contributed by atoms with van der Waals surface area (Å²) in [6.45, 7) is 3.48. The number of aromatic nitrogens is 1. The van der Waals surface area contributed by atoms with Crippen LogP contribution >= 0.6 is 11.3 Å². The number of nitrogens with one attached hydrogen (secondary N) is 2. The number of nitrogens with zero attached hydrogens (tertiary/aromatic N) is 3. The molecule has 3 fully saturated rings. The van der Waals surface area contributed by atoms with E-state index in [1.54, 1.807) is 16.3 Å². The number of benzene rings is 1. The van der Waals surface area contributed by atoms with Crippen LogP contribution in [0, 0.1) is 11.8 Å². The first-order valence-electron chi connectivity index (χ1n) is 14.4.